The molecule has 0 aliphatic rings. The number of rotatable bonds is 5. The predicted molar refractivity (Wildman–Crippen MR) is 138 cm³/mol. The van der Waals surface area contributed by atoms with Crippen LogP contribution in [0.1, 0.15) is 15.9 Å². The fourth-order valence-corrected chi connectivity index (χ4v) is 4.84. The standard InChI is InChI=1S/C27H21IN2O2/c1-32-20-12-9-17(10-13-20)18-11-14-21-25(15-18)30(16-19-5-2-3-7-23(19)28)24-8-4-6-22(26(21)24)27(29)31/h2-15H,16H2,1H3,(H2,29,31). The number of methoxy groups -OCH3 is 1. The number of carbonyl (C=O) groups is 1. The van der Waals surface area contributed by atoms with Crippen LogP contribution in [0.2, 0.25) is 0 Å². The minimum atomic E-state index is -0.414. The van der Waals surface area contributed by atoms with Crippen LogP contribution in [0.15, 0.2) is 84.9 Å². The monoisotopic (exact) mass is 532 g/mol. The lowest BCUT2D eigenvalue weighted by Crippen LogP contribution is -2.11. The number of amides is 1. The Bertz CT molecular complexity index is 1470. The Morgan fingerprint density at radius 1 is 0.906 bits per heavy atom. The van der Waals surface area contributed by atoms with Gasteiger partial charge in [-0.05, 0) is 75.7 Å². The zero-order chi connectivity index (χ0) is 22.2. The Balaban J connectivity index is 1.78. The Kier molecular flexibility index (Phi) is 5.35. The summed E-state index contributed by atoms with van der Waals surface area (Å²) >= 11 is 2.37. The normalized spacial score (nSPS) is 11.2. The molecule has 0 saturated carbocycles. The Morgan fingerprint density at radius 2 is 1.66 bits per heavy atom. The highest BCUT2D eigenvalue weighted by atomic mass is 127. The lowest BCUT2D eigenvalue weighted by atomic mass is 10.0. The van der Waals surface area contributed by atoms with E-state index in [1.807, 2.05) is 24.3 Å². The number of nitrogens with two attached hydrogens (primary N) is 1. The number of aromatic nitrogens is 1. The number of halogens is 1. The van der Waals surface area contributed by atoms with Gasteiger partial charge in [-0.3, -0.25) is 4.79 Å². The molecule has 1 amide bonds. The quantitative estimate of drug-likeness (QED) is 0.273. The first kappa shape index (κ1) is 20.6. The van der Waals surface area contributed by atoms with E-state index < -0.39 is 5.91 Å². The second kappa shape index (κ2) is 8.31. The van der Waals surface area contributed by atoms with Gasteiger partial charge in [0.15, 0.2) is 0 Å². The van der Waals surface area contributed by atoms with Crippen molar-refractivity contribution in [2.75, 3.05) is 7.11 Å². The van der Waals surface area contributed by atoms with Crippen molar-refractivity contribution in [3.05, 3.63) is 99.6 Å². The second-order valence-electron chi connectivity index (χ2n) is 7.70. The Hall–Kier alpha value is -3.32. The molecule has 32 heavy (non-hydrogen) atoms. The van der Waals surface area contributed by atoms with Crippen molar-refractivity contribution in [2.45, 2.75) is 6.54 Å². The van der Waals surface area contributed by atoms with E-state index in [1.54, 1.807) is 13.2 Å². The summed E-state index contributed by atoms with van der Waals surface area (Å²) in [7, 11) is 1.67. The molecule has 0 aliphatic heterocycles. The molecule has 5 aromatic rings. The molecule has 4 aromatic carbocycles. The molecule has 4 nitrogen and oxygen atoms in total. The van der Waals surface area contributed by atoms with Crippen molar-refractivity contribution in [1.82, 2.24) is 4.57 Å². The average Bonchev–Trinajstić information content (AvgIpc) is 3.13. The van der Waals surface area contributed by atoms with Crippen LogP contribution in [-0.2, 0) is 6.54 Å². The Morgan fingerprint density at radius 3 is 2.38 bits per heavy atom. The highest BCUT2D eigenvalue weighted by molar-refractivity contribution is 14.1. The topological polar surface area (TPSA) is 57.2 Å². The lowest BCUT2D eigenvalue weighted by molar-refractivity contribution is 0.100. The zero-order valence-corrected chi connectivity index (χ0v) is 19.7. The number of primary amides is 1. The first-order valence-electron chi connectivity index (χ1n) is 10.3. The summed E-state index contributed by atoms with van der Waals surface area (Å²) in [6.07, 6.45) is 0. The third kappa shape index (κ3) is 3.52. The summed E-state index contributed by atoms with van der Waals surface area (Å²) in [5.41, 5.74) is 11.8. The van der Waals surface area contributed by atoms with Gasteiger partial charge in [-0.25, -0.2) is 0 Å². The number of ether oxygens (including phenoxy) is 1. The maximum absolute atomic E-state index is 12.2. The molecule has 5 rings (SSSR count). The average molecular weight is 532 g/mol. The van der Waals surface area contributed by atoms with E-state index in [4.69, 9.17) is 10.5 Å². The van der Waals surface area contributed by atoms with Crippen LogP contribution in [-0.4, -0.2) is 17.6 Å². The van der Waals surface area contributed by atoms with E-state index in [-0.39, 0.29) is 0 Å². The maximum Gasteiger partial charge on any atom is 0.249 e. The van der Waals surface area contributed by atoms with Crippen LogP contribution in [0.4, 0.5) is 0 Å². The number of carbonyl (C=O) groups excluding carboxylic acids is 1. The molecule has 1 heterocycles. The van der Waals surface area contributed by atoms with Crippen molar-refractivity contribution in [1.29, 1.82) is 0 Å². The largest absolute Gasteiger partial charge is 0.497 e. The zero-order valence-electron chi connectivity index (χ0n) is 17.5. The predicted octanol–water partition coefficient (Wildman–Crippen LogP) is 6.22. The van der Waals surface area contributed by atoms with E-state index in [2.05, 4.69) is 81.8 Å². The number of hydrogen-bond acceptors (Lipinski definition) is 2. The van der Waals surface area contributed by atoms with Crippen LogP contribution in [0.3, 0.4) is 0 Å². The van der Waals surface area contributed by atoms with E-state index in [0.29, 0.717) is 12.1 Å². The summed E-state index contributed by atoms with van der Waals surface area (Å²) in [6.45, 7) is 0.702. The smallest absolute Gasteiger partial charge is 0.249 e. The van der Waals surface area contributed by atoms with Gasteiger partial charge in [0.2, 0.25) is 5.91 Å². The van der Waals surface area contributed by atoms with Crippen molar-refractivity contribution < 1.29 is 9.53 Å². The lowest BCUT2D eigenvalue weighted by Gasteiger charge is -2.11. The molecule has 0 bridgehead atoms. The molecule has 1 aromatic heterocycles. The number of benzene rings is 4. The van der Waals surface area contributed by atoms with Crippen LogP contribution >= 0.6 is 22.6 Å². The van der Waals surface area contributed by atoms with E-state index in [0.717, 1.165) is 38.7 Å². The van der Waals surface area contributed by atoms with Gasteiger partial charge in [0.25, 0.3) is 0 Å². The summed E-state index contributed by atoms with van der Waals surface area (Å²) in [6, 6.07) is 28.6. The van der Waals surface area contributed by atoms with Crippen LogP contribution in [0, 0.1) is 3.57 Å². The van der Waals surface area contributed by atoms with Crippen LogP contribution < -0.4 is 10.5 Å². The van der Waals surface area contributed by atoms with Gasteiger partial charge in [-0.15, -0.1) is 0 Å². The van der Waals surface area contributed by atoms with E-state index in [1.165, 1.54) is 9.13 Å². The van der Waals surface area contributed by atoms with Crippen molar-refractivity contribution in [2.24, 2.45) is 5.73 Å². The van der Waals surface area contributed by atoms with Gasteiger partial charge in [0.1, 0.15) is 5.75 Å². The van der Waals surface area contributed by atoms with Crippen molar-refractivity contribution in [3.8, 4) is 16.9 Å². The minimum Gasteiger partial charge on any atom is -0.497 e. The second-order valence-corrected chi connectivity index (χ2v) is 8.86. The summed E-state index contributed by atoms with van der Waals surface area (Å²) in [5.74, 6) is 0.414. The highest BCUT2D eigenvalue weighted by Crippen LogP contribution is 2.35. The van der Waals surface area contributed by atoms with Gasteiger partial charge in [0, 0.05) is 26.5 Å². The van der Waals surface area contributed by atoms with Gasteiger partial charge < -0.3 is 15.0 Å². The molecule has 0 saturated heterocycles. The first-order chi connectivity index (χ1) is 15.6. The fraction of sp³-hybridized carbons (Fsp3) is 0.0741. The molecule has 0 atom stereocenters. The minimum absolute atomic E-state index is 0.414. The third-order valence-corrected chi connectivity index (χ3v) is 6.92. The van der Waals surface area contributed by atoms with Crippen LogP contribution in [0.25, 0.3) is 32.9 Å². The summed E-state index contributed by atoms with van der Waals surface area (Å²) in [5, 5.41) is 1.93. The molecular weight excluding hydrogens is 511 g/mol. The Labute approximate surface area is 199 Å². The van der Waals surface area contributed by atoms with E-state index >= 15 is 0 Å². The summed E-state index contributed by atoms with van der Waals surface area (Å²) in [4.78, 5) is 12.2. The van der Waals surface area contributed by atoms with Gasteiger partial charge in [0.05, 0.1) is 18.1 Å². The molecule has 0 aliphatic carbocycles. The molecule has 0 spiro atoms. The third-order valence-electron chi connectivity index (χ3n) is 5.87. The molecule has 0 radical (unpaired) electrons. The van der Waals surface area contributed by atoms with Gasteiger partial charge in [-0.1, -0.05) is 48.5 Å². The summed E-state index contributed by atoms with van der Waals surface area (Å²) < 4.78 is 8.78. The highest BCUT2D eigenvalue weighted by Gasteiger charge is 2.17. The number of nitrogens with zero attached hydrogens (tertiary/aromatic N) is 1. The van der Waals surface area contributed by atoms with Crippen molar-refractivity contribution in [3.63, 3.8) is 0 Å². The van der Waals surface area contributed by atoms with Crippen molar-refractivity contribution >= 4 is 50.3 Å². The van der Waals surface area contributed by atoms with E-state index in [9.17, 15) is 4.79 Å². The van der Waals surface area contributed by atoms with Gasteiger partial charge >= 0.3 is 0 Å². The molecule has 0 fully saturated rings. The number of fused-ring (bicyclic) bond motifs is 3. The molecule has 158 valence electrons. The SMILES string of the molecule is COc1ccc(-c2ccc3c4c(C(N)=O)cccc4n(Cc4ccccc4I)c3c2)cc1. The molecule has 0 unspecified atom stereocenters. The maximum atomic E-state index is 12.2. The molecular formula is C27H21IN2O2. The molecule has 5 heteroatoms. The molecule has 2 N–H and O–H groups in total. The fourth-order valence-electron chi connectivity index (χ4n) is 4.28. The number of hydrogen-bond donors (Lipinski definition) is 1. The van der Waals surface area contributed by atoms with Crippen LogP contribution in [0.5, 0.6) is 5.75 Å². The first-order valence-corrected chi connectivity index (χ1v) is 11.4. The van der Waals surface area contributed by atoms with Gasteiger partial charge in [-0.2, -0.15) is 0 Å².